The van der Waals surface area contributed by atoms with Crippen LogP contribution >= 0.6 is 11.3 Å². The first-order valence-electron chi connectivity index (χ1n) is 9.84. The largest absolute Gasteiger partial charge is 0.463 e. The number of carbonyl (C=O) groups is 2. The number of urea groups is 1. The average molecular weight is 414 g/mol. The molecule has 1 aromatic carbocycles. The Balaban J connectivity index is 1.43. The highest BCUT2D eigenvalue weighted by molar-refractivity contribution is 7.10. The van der Waals surface area contributed by atoms with Crippen molar-refractivity contribution in [3.8, 4) is 0 Å². The van der Waals surface area contributed by atoms with Crippen LogP contribution in [0.4, 0.5) is 10.5 Å². The minimum Gasteiger partial charge on any atom is -0.463 e. The van der Waals surface area contributed by atoms with Gasteiger partial charge in [0.15, 0.2) is 0 Å². The lowest BCUT2D eigenvalue weighted by Gasteiger charge is -2.32. The summed E-state index contributed by atoms with van der Waals surface area (Å²) in [5, 5.41) is 7.95. The number of thiophene rings is 1. The highest BCUT2D eigenvalue weighted by atomic mass is 32.1. The molecule has 0 aliphatic carbocycles. The molecule has 0 saturated carbocycles. The number of carbonyl (C=O) groups excluding carboxylic acids is 2. The van der Waals surface area contributed by atoms with Gasteiger partial charge in [0.1, 0.15) is 0 Å². The van der Waals surface area contributed by atoms with Crippen molar-refractivity contribution in [1.82, 2.24) is 10.2 Å². The summed E-state index contributed by atoms with van der Waals surface area (Å²) >= 11 is 1.83. The van der Waals surface area contributed by atoms with Gasteiger partial charge in [-0.2, -0.15) is 0 Å². The molecule has 0 spiro atoms. The van der Waals surface area contributed by atoms with Gasteiger partial charge < -0.3 is 15.4 Å². The fraction of sp³-hybridized carbons (Fsp3) is 0.364. The molecule has 2 N–H and O–H groups in total. The maximum absolute atomic E-state index is 12.2. The van der Waals surface area contributed by atoms with Gasteiger partial charge in [-0.05, 0) is 61.1 Å². The summed E-state index contributed by atoms with van der Waals surface area (Å²) in [6.07, 6.45) is 4.15. The van der Waals surface area contributed by atoms with E-state index in [0.717, 1.165) is 25.1 Å². The van der Waals surface area contributed by atoms with Crippen LogP contribution < -0.4 is 10.6 Å². The van der Waals surface area contributed by atoms with Gasteiger partial charge >= 0.3 is 12.0 Å². The molecule has 7 heteroatoms. The molecular weight excluding hydrogens is 386 g/mol. The Morgan fingerprint density at radius 1 is 1.28 bits per heavy atom. The number of benzene rings is 1. The molecule has 2 heterocycles. The lowest BCUT2D eigenvalue weighted by molar-refractivity contribution is -0.137. The molecular formula is C22H27N3O3S. The number of anilines is 1. The quantitative estimate of drug-likeness (QED) is 0.534. The molecule has 1 atom stereocenters. The predicted molar refractivity (Wildman–Crippen MR) is 117 cm³/mol. The Hall–Kier alpha value is -2.64. The molecule has 2 aromatic rings. The van der Waals surface area contributed by atoms with Gasteiger partial charge in [-0.3, -0.25) is 4.90 Å². The molecule has 0 unspecified atom stereocenters. The van der Waals surface area contributed by atoms with E-state index in [1.807, 2.05) is 23.5 Å². The molecule has 2 amide bonds. The van der Waals surface area contributed by atoms with Crippen LogP contribution in [0.3, 0.4) is 0 Å². The van der Waals surface area contributed by atoms with Crippen molar-refractivity contribution in [1.29, 1.82) is 0 Å². The monoisotopic (exact) mass is 413 g/mol. The summed E-state index contributed by atoms with van der Waals surface area (Å²) < 4.78 is 4.85. The lowest BCUT2D eigenvalue weighted by Crippen LogP contribution is -2.45. The standard InChI is InChI=1S/C22H27N3O3S/c1-3-28-21(26)9-6-17-4-7-19(8-5-17)24-22(27)23-14-16(2)25-12-10-20-18(15-25)11-13-29-20/h4-9,11,13,16H,3,10,12,14-15H2,1-2H3,(H2,23,24,27)/b9-6-/t16-/m0/s1. The van der Waals surface area contributed by atoms with E-state index in [-0.39, 0.29) is 18.0 Å². The molecule has 1 aromatic heterocycles. The van der Waals surface area contributed by atoms with Crippen LogP contribution in [0.2, 0.25) is 0 Å². The number of nitrogens with one attached hydrogen (secondary N) is 2. The molecule has 0 radical (unpaired) electrons. The van der Waals surface area contributed by atoms with E-state index in [0.29, 0.717) is 18.8 Å². The molecule has 154 valence electrons. The van der Waals surface area contributed by atoms with Gasteiger partial charge in [-0.1, -0.05) is 12.1 Å². The van der Waals surface area contributed by atoms with Gasteiger partial charge in [0, 0.05) is 42.3 Å². The van der Waals surface area contributed by atoms with Crippen LogP contribution in [0.15, 0.2) is 41.8 Å². The molecule has 1 aliphatic rings. The Kier molecular flexibility index (Phi) is 7.43. The van der Waals surface area contributed by atoms with Gasteiger partial charge in [0.25, 0.3) is 0 Å². The van der Waals surface area contributed by atoms with E-state index in [4.69, 9.17) is 4.74 Å². The molecule has 3 rings (SSSR count). The van der Waals surface area contributed by atoms with Crippen molar-refractivity contribution in [3.63, 3.8) is 0 Å². The molecule has 0 fully saturated rings. The number of hydrogen-bond donors (Lipinski definition) is 2. The number of rotatable bonds is 7. The summed E-state index contributed by atoms with van der Waals surface area (Å²) in [4.78, 5) is 27.4. The van der Waals surface area contributed by atoms with Crippen LogP contribution in [0.1, 0.15) is 29.9 Å². The van der Waals surface area contributed by atoms with Crippen molar-refractivity contribution in [2.45, 2.75) is 32.9 Å². The molecule has 0 bridgehead atoms. The van der Waals surface area contributed by atoms with Crippen molar-refractivity contribution in [2.75, 3.05) is 25.0 Å². The molecule has 1 aliphatic heterocycles. The predicted octanol–water partition coefficient (Wildman–Crippen LogP) is 3.89. The lowest BCUT2D eigenvalue weighted by atomic mass is 10.1. The zero-order valence-corrected chi connectivity index (χ0v) is 17.6. The first-order chi connectivity index (χ1) is 14.0. The zero-order valence-electron chi connectivity index (χ0n) is 16.8. The highest BCUT2D eigenvalue weighted by Crippen LogP contribution is 2.25. The van der Waals surface area contributed by atoms with E-state index < -0.39 is 0 Å². The first kappa shape index (κ1) is 21.1. The number of amides is 2. The topological polar surface area (TPSA) is 70.7 Å². The molecule has 0 saturated heterocycles. The molecule has 6 nitrogen and oxygen atoms in total. The third-order valence-corrected chi connectivity index (χ3v) is 5.91. The Bertz CT molecular complexity index is 860. The van der Waals surface area contributed by atoms with Gasteiger partial charge in [-0.15, -0.1) is 11.3 Å². The maximum atomic E-state index is 12.2. The van der Waals surface area contributed by atoms with Crippen molar-refractivity contribution >= 4 is 35.1 Å². The zero-order chi connectivity index (χ0) is 20.6. The normalized spacial score (nSPS) is 15.0. The Morgan fingerprint density at radius 2 is 2.07 bits per heavy atom. The summed E-state index contributed by atoms with van der Waals surface area (Å²) in [7, 11) is 0. The van der Waals surface area contributed by atoms with Gasteiger partial charge in [0.05, 0.1) is 6.61 Å². The minimum absolute atomic E-state index is 0.222. The third-order valence-electron chi connectivity index (χ3n) is 4.89. The van der Waals surface area contributed by atoms with Crippen molar-refractivity contribution in [2.24, 2.45) is 0 Å². The fourth-order valence-corrected chi connectivity index (χ4v) is 4.11. The van der Waals surface area contributed by atoms with Crippen molar-refractivity contribution in [3.05, 3.63) is 57.8 Å². The van der Waals surface area contributed by atoms with E-state index in [1.54, 1.807) is 25.1 Å². The van der Waals surface area contributed by atoms with Crippen LogP contribution in [-0.4, -0.2) is 42.6 Å². The molecule has 29 heavy (non-hydrogen) atoms. The summed E-state index contributed by atoms with van der Waals surface area (Å²) in [5.74, 6) is -0.368. The second-order valence-corrected chi connectivity index (χ2v) is 7.98. The van der Waals surface area contributed by atoms with Gasteiger partial charge in [-0.25, -0.2) is 9.59 Å². The van der Waals surface area contributed by atoms with Crippen LogP contribution in [0, 0.1) is 0 Å². The smallest absolute Gasteiger partial charge is 0.330 e. The highest BCUT2D eigenvalue weighted by Gasteiger charge is 2.21. The van der Waals surface area contributed by atoms with Crippen LogP contribution in [-0.2, 0) is 22.5 Å². The van der Waals surface area contributed by atoms with Gasteiger partial charge in [0.2, 0.25) is 0 Å². The summed E-state index contributed by atoms with van der Waals surface area (Å²) in [5.41, 5.74) is 2.97. The first-order valence-corrected chi connectivity index (χ1v) is 10.7. The third kappa shape index (κ3) is 6.17. The van der Waals surface area contributed by atoms with E-state index in [1.165, 1.54) is 16.5 Å². The second kappa shape index (κ2) is 10.2. The second-order valence-electron chi connectivity index (χ2n) is 6.98. The SMILES string of the molecule is CCOC(=O)/C=C\c1ccc(NC(=O)NC[C@H](C)N2CCc3sccc3C2)cc1. The maximum Gasteiger partial charge on any atom is 0.330 e. The number of hydrogen-bond acceptors (Lipinski definition) is 5. The van der Waals surface area contributed by atoms with Crippen LogP contribution in [0.5, 0.6) is 0 Å². The van der Waals surface area contributed by atoms with E-state index in [2.05, 4.69) is 33.9 Å². The Morgan fingerprint density at radius 3 is 2.83 bits per heavy atom. The van der Waals surface area contributed by atoms with E-state index >= 15 is 0 Å². The average Bonchev–Trinajstić information content (AvgIpc) is 3.19. The minimum atomic E-state index is -0.368. The number of nitrogens with zero attached hydrogens (tertiary/aromatic N) is 1. The van der Waals surface area contributed by atoms with Crippen LogP contribution in [0.25, 0.3) is 6.08 Å². The fourth-order valence-electron chi connectivity index (χ4n) is 3.22. The number of esters is 1. The number of fused-ring (bicyclic) bond motifs is 1. The van der Waals surface area contributed by atoms with Crippen molar-refractivity contribution < 1.29 is 14.3 Å². The Labute approximate surface area is 175 Å². The summed E-state index contributed by atoms with van der Waals surface area (Å²) in [6, 6.07) is 9.52. The van der Waals surface area contributed by atoms with E-state index in [9.17, 15) is 9.59 Å². The summed E-state index contributed by atoms with van der Waals surface area (Å²) in [6.45, 7) is 6.83. The number of ether oxygens (including phenoxy) is 1.